The van der Waals surface area contributed by atoms with Crippen LogP contribution >= 0.6 is 0 Å². The highest BCUT2D eigenvalue weighted by Gasteiger charge is 2.29. The van der Waals surface area contributed by atoms with Crippen molar-refractivity contribution in [1.29, 1.82) is 0 Å². The van der Waals surface area contributed by atoms with E-state index in [0.29, 0.717) is 42.8 Å². The highest BCUT2D eigenvalue weighted by atomic mass is 16.5. The summed E-state index contributed by atoms with van der Waals surface area (Å²) in [6.45, 7) is 4.99. The van der Waals surface area contributed by atoms with Crippen LogP contribution in [0.25, 0.3) is 0 Å². The first kappa shape index (κ1) is 29.5. The highest BCUT2D eigenvalue weighted by Crippen LogP contribution is 2.32. The zero-order valence-corrected chi connectivity index (χ0v) is 23.7. The second kappa shape index (κ2) is 14.3. The monoisotopic (exact) mass is 559 g/mol. The number of hydrogen-bond acceptors (Lipinski definition) is 9. The predicted octanol–water partition coefficient (Wildman–Crippen LogP) is 4.32. The summed E-state index contributed by atoms with van der Waals surface area (Å²) in [4.78, 5) is 36.2. The number of guanidine groups is 1. The van der Waals surface area contributed by atoms with Crippen molar-refractivity contribution in [3.8, 4) is 11.6 Å². The van der Waals surface area contributed by atoms with Crippen molar-refractivity contribution < 1.29 is 23.8 Å². The van der Waals surface area contributed by atoms with Gasteiger partial charge in [-0.25, -0.2) is 14.8 Å². The number of carbonyl (C=O) groups is 2. The number of methoxy groups -OCH3 is 1. The second-order valence-corrected chi connectivity index (χ2v) is 10.2. The number of pyridine rings is 1. The summed E-state index contributed by atoms with van der Waals surface area (Å²) in [7, 11) is 1.29. The van der Waals surface area contributed by atoms with Gasteiger partial charge in [-0.3, -0.25) is 4.79 Å². The fourth-order valence-corrected chi connectivity index (χ4v) is 4.67. The summed E-state index contributed by atoms with van der Waals surface area (Å²) in [5, 5.41) is 2.77. The van der Waals surface area contributed by atoms with Crippen LogP contribution in [-0.2, 0) is 32.2 Å². The maximum Gasteiger partial charge on any atom is 0.330 e. The first-order chi connectivity index (χ1) is 19.8. The number of rotatable bonds is 13. The van der Waals surface area contributed by atoms with Gasteiger partial charge in [0, 0.05) is 30.6 Å². The third-order valence-electron chi connectivity index (χ3n) is 6.83. The summed E-state index contributed by atoms with van der Waals surface area (Å²) in [5.74, 6) is 0.872. The molecule has 3 N–H and O–H groups in total. The number of nitrogens with one attached hydrogen (secondary N) is 1. The summed E-state index contributed by atoms with van der Waals surface area (Å²) < 4.78 is 16.5. The van der Waals surface area contributed by atoms with E-state index in [-0.39, 0.29) is 30.9 Å². The van der Waals surface area contributed by atoms with Gasteiger partial charge in [0.15, 0.2) is 12.0 Å². The summed E-state index contributed by atoms with van der Waals surface area (Å²) in [5.41, 5.74) is 8.97. The van der Waals surface area contributed by atoms with Crippen molar-refractivity contribution in [2.45, 2.75) is 51.9 Å². The molecule has 2 aromatic carbocycles. The van der Waals surface area contributed by atoms with Crippen LogP contribution in [0.15, 0.2) is 77.9 Å². The Morgan fingerprint density at radius 3 is 2.46 bits per heavy atom. The average Bonchev–Trinajstić information content (AvgIpc) is 2.97. The molecule has 0 spiro atoms. The van der Waals surface area contributed by atoms with Crippen molar-refractivity contribution in [2.24, 2.45) is 16.6 Å². The molecule has 1 amide bonds. The van der Waals surface area contributed by atoms with Crippen LogP contribution in [0, 0.1) is 5.92 Å². The number of amides is 1. The van der Waals surface area contributed by atoms with E-state index in [1.807, 2.05) is 71.6 Å². The molecule has 2 heterocycles. The number of fused-ring (bicyclic) bond motifs is 1. The SMILES string of the molecule is COC(=O)C(COCc1ccccc1)NC(=O)CCC(C(C)C)N1Cc2cc(Oc3ccccc3)ncc2N=C1N. The Balaban J connectivity index is 1.36. The van der Waals surface area contributed by atoms with E-state index in [9.17, 15) is 9.59 Å². The summed E-state index contributed by atoms with van der Waals surface area (Å²) in [6, 6.07) is 19.9. The molecule has 1 aliphatic rings. The van der Waals surface area contributed by atoms with Crippen LogP contribution in [0.2, 0.25) is 0 Å². The fraction of sp³-hybridized carbons (Fsp3) is 0.355. The van der Waals surface area contributed by atoms with E-state index < -0.39 is 12.0 Å². The van der Waals surface area contributed by atoms with Crippen LogP contribution in [0.3, 0.4) is 0 Å². The number of esters is 1. The third-order valence-corrected chi connectivity index (χ3v) is 6.83. The molecule has 3 aromatic rings. The Morgan fingerprint density at radius 1 is 1.07 bits per heavy atom. The normalized spacial score (nSPS) is 14.0. The number of aliphatic imine (C=N–C) groups is 1. The van der Waals surface area contributed by atoms with Crippen LogP contribution in [-0.4, -0.2) is 53.5 Å². The lowest BCUT2D eigenvalue weighted by atomic mass is 9.96. The lowest BCUT2D eigenvalue weighted by molar-refractivity contribution is -0.147. The van der Waals surface area contributed by atoms with Gasteiger partial charge in [0.05, 0.1) is 32.2 Å². The number of para-hydroxylation sites is 1. The van der Waals surface area contributed by atoms with Gasteiger partial charge in [0.1, 0.15) is 5.75 Å². The molecule has 216 valence electrons. The largest absolute Gasteiger partial charge is 0.467 e. The molecular weight excluding hydrogens is 522 g/mol. The lowest BCUT2D eigenvalue weighted by Crippen LogP contribution is -2.49. The number of nitrogens with two attached hydrogens (primary N) is 1. The van der Waals surface area contributed by atoms with Crippen molar-refractivity contribution in [3.63, 3.8) is 0 Å². The first-order valence-electron chi connectivity index (χ1n) is 13.7. The number of aromatic nitrogens is 1. The predicted molar refractivity (Wildman–Crippen MR) is 155 cm³/mol. The molecule has 10 nitrogen and oxygen atoms in total. The minimum absolute atomic E-state index is 0.00481. The van der Waals surface area contributed by atoms with Crippen LogP contribution < -0.4 is 15.8 Å². The molecule has 10 heteroatoms. The van der Waals surface area contributed by atoms with Gasteiger partial charge < -0.3 is 30.2 Å². The molecule has 1 aliphatic heterocycles. The Hall–Kier alpha value is -4.44. The molecule has 41 heavy (non-hydrogen) atoms. The highest BCUT2D eigenvalue weighted by molar-refractivity contribution is 5.85. The Bertz CT molecular complexity index is 1330. The molecule has 2 unspecified atom stereocenters. The zero-order chi connectivity index (χ0) is 29.2. The quantitative estimate of drug-likeness (QED) is 0.297. The van der Waals surface area contributed by atoms with Crippen LogP contribution in [0.4, 0.5) is 5.69 Å². The third kappa shape index (κ3) is 8.28. The van der Waals surface area contributed by atoms with E-state index in [1.54, 1.807) is 6.20 Å². The van der Waals surface area contributed by atoms with E-state index in [4.69, 9.17) is 19.9 Å². The van der Waals surface area contributed by atoms with Crippen molar-refractivity contribution in [2.75, 3.05) is 13.7 Å². The molecule has 0 fully saturated rings. The van der Waals surface area contributed by atoms with Crippen LogP contribution in [0.5, 0.6) is 11.6 Å². The molecule has 0 radical (unpaired) electrons. The number of ether oxygens (including phenoxy) is 3. The van der Waals surface area contributed by atoms with Crippen LogP contribution in [0.1, 0.15) is 37.8 Å². The van der Waals surface area contributed by atoms with Gasteiger partial charge in [-0.05, 0) is 30.0 Å². The summed E-state index contributed by atoms with van der Waals surface area (Å²) in [6.07, 6.45) is 2.35. The van der Waals surface area contributed by atoms with Crippen molar-refractivity contribution in [1.82, 2.24) is 15.2 Å². The number of benzene rings is 2. The van der Waals surface area contributed by atoms with Gasteiger partial charge in [-0.15, -0.1) is 0 Å². The van der Waals surface area contributed by atoms with Crippen molar-refractivity contribution >= 4 is 23.5 Å². The molecule has 4 rings (SSSR count). The average molecular weight is 560 g/mol. The first-order valence-corrected chi connectivity index (χ1v) is 13.7. The summed E-state index contributed by atoms with van der Waals surface area (Å²) >= 11 is 0. The van der Waals surface area contributed by atoms with Gasteiger partial charge >= 0.3 is 5.97 Å². The Morgan fingerprint density at radius 2 is 1.78 bits per heavy atom. The van der Waals surface area contributed by atoms with Gasteiger partial charge in [-0.2, -0.15) is 0 Å². The van der Waals surface area contributed by atoms with Gasteiger partial charge in [0.25, 0.3) is 0 Å². The van der Waals surface area contributed by atoms with Crippen molar-refractivity contribution in [3.05, 3.63) is 84.1 Å². The van der Waals surface area contributed by atoms with Gasteiger partial charge in [0.2, 0.25) is 11.8 Å². The maximum atomic E-state index is 12.9. The molecule has 0 bridgehead atoms. The zero-order valence-electron chi connectivity index (χ0n) is 23.7. The molecule has 0 saturated carbocycles. The second-order valence-electron chi connectivity index (χ2n) is 10.2. The molecule has 0 saturated heterocycles. The van der Waals surface area contributed by atoms with E-state index >= 15 is 0 Å². The van der Waals surface area contributed by atoms with E-state index in [1.165, 1.54) is 7.11 Å². The van der Waals surface area contributed by atoms with Gasteiger partial charge in [-0.1, -0.05) is 62.4 Å². The molecule has 0 aliphatic carbocycles. The standard InChI is InChI=1S/C31H37N5O5/c1-21(2)27(14-15-28(37)34-26(30(38)39-3)20-40-19-22-10-6-4-7-11-22)36-18-23-16-29(33-17-25(23)35-31(36)32)41-24-12-8-5-9-13-24/h4-13,16-17,21,26-27H,14-15,18-20H2,1-3H3,(H2,32,35)(H,34,37). The Labute approximate surface area is 240 Å². The van der Waals surface area contributed by atoms with E-state index in [0.717, 1.165) is 11.1 Å². The minimum atomic E-state index is -0.905. The fourth-order valence-electron chi connectivity index (χ4n) is 4.67. The number of nitrogens with zero attached hydrogens (tertiary/aromatic N) is 3. The number of carbonyl (C=O) groups excluding carboxylic acids is 2. The van der Waals surface area contributed by atoms with E-state index in [2.05, 4.69) is 29.1 Å². The maximum absolute atomic E-state index is 12.9. The minimum Gasteiger partial charge on any atom is -0.467 e. The molecule has 2 atom stereocenters. The Kier molecular flexibility index (Phi) is 10.3. The topological polar surface area (TPSA) is 128 Å². The smallest absolute Gasteiger partial charge is 0.330 e. The molecule has 1 aromatic heterocycles. The lowest BCUT2D eigenvalue weighted by Gasteiger charge is -2.37. The number of hydrogen-bond donors (Lipinski definition) is 2. The molecular formula is C31H37N5O5.